The monoisotopic (exact) mass is 256 g/mol. The highest BCUT2D eigenvalue weighted by atomic mass is 35.5. The highest BCUT2D eigenvalue weighted by molar-refractivity contribution is 6.42. The van der Waals surface area contributed by atoms with Crippen molar-refractivity contribution < 1.29 is 9.13 Å². The molecule has 0 amide bonds. The summed E-state index contributed by atoms with van der Waals surface area (Å²) < 4.78 is 18.6. The summed E-state index contributed by atoms with van der Waals surface area (Å²) in [6, 6.07) is 10.9. The molecule has 0 spiro atoms. The lowest BCUT2D eigenvalue weighted by atomic mass is 10.3. The Labute approximate surface area is 102 Å². The number of hydrogen-bond acceptors (Lipinski definition) is 1. The van der Waals surface area contributed by atoms with Crippen LogP contribution in [-0.2, 0) is 0 Å². The second kappa shape index (κ2) is 4.73. The summed E-state index contributed by atoms with van der Waals surface area (Å²) in [7, 11) is 0. The van der Waals surface area contributed by atoms with Crippen LogP contribution >= 0.6 is 23.2 Å². The number of halogens is 3. The zero-order valence-electron chi connectivity index (χ0n) is 8.08. The largest absolute Gasteiger partial charge is 0.454 e. The molecule has 2 rings (SSSR count). The quantitative estimate of drug-likeness (QED) is 0.741. The van der Waals surface area contributed by atoms with E-state index in [-0.39, 0.29) is 5.75 Å². The SMILES string of the molecule is Fc1ccccc1Oc1ccc(Cl)c(Cl)c1. The molecule has 0 atom stereocenters. The van der Waals surface area contributed by atoms with Gasteiger partial charge in [-0.25, -0.2) is 4.39 Å². The Balaban J connectivity index is 2.28. The van der Waals surface area contributed by atoms with E-state index in [2.05, 4.69) is 0 Å². The Morgan fingerprint density at radius 2 is 1.69 bits per heavy atom. The van der Waals surface area contributed by atoms with Gasteiger partial charge >= 0.3 is 0 Å². The van der Waals surface area contributed by atoms with E-state index in [1.54, 1.807) is 24.3 Å². The molecule has 0 fully saturated rings. The van der Waals surface area contributed by atoms with E-state index in [0.717, 1.165) is 0 Å². The zero-order valence-corrected chi connectivity index (χ0v) is 9.60. The minimum atomic E-state index is -0.423. The number of rotatable bonds is 2. The fraction of sp³-hybridized carbons (Fsp3) is 0. The van der Waals surface area contributed by atoms with Crippen molar-refractivity contribution in [3.63, 3.8) is 0 Å². The van der Waals surface area contributed by atoms with Crippen molar-refractivity contribution in [2.75, 3.05) is 0 Å². The second-order valence-corrected chi connectivity index (χ2v) is 3.92. The molecule has 1 nitrogen and oxygen atoms in total. The van der Waals surface area contributed by atoms with Gasteiger partial charge < -0.3 is 4.74 Å². The smallest absolute Gasteiger partial charge is 0.165 e. The Bertz CT molecular complexity index is 514. The highest BCUT2D eigenvalue weighted by Gasteiger charge is 2.05. The van der Waals surface area contributed by atoms with Gasteiger partial charge in [0.15, 0.2) is 11.6 Å². The van der Waals surface area contributed by atoms with Crippen molar-refractivity contribution in [1.82, 2.24) is 0 Å². The van der Waals surface area contributed by atoms with Gasteiger partial charge in [-0.1, -0.05) is 35.3 Å². The molecule has 0 unspecified atom stereocenters. The summed E-state index contributed by atoms with van der Waals surface area (Å²) in [5, 5.41) is 0.804. The summed E-state index contributed by atoms with van der Waals surface area (Å²) in [5.41, 5.74) is 0. The fourth-order valence-electron chi connectivity index (χ4n) is 1.19. The molecule has 0 saturated heterocycles. The van der Waals surface area contributed by atoms with Gasteiger partial charge in [0.05, 0.1) is 10.0 Å². The molecule has 4 heteroatoms. The second-order valence-electron chi connectivity index (χ2n) is 3.11. The molecule has 0 aliphatic rings. The lowest BCUT2D eigenvalue weighted by molar-refractivity contribution is 0.442. The Kier molecular flexibility index (Phi) is 3.32. The van der Waals surface area contributed by atoms with E-state index >= 15 is 0 Å². The van der Waals surface area contributed by atoms with Gasteiger partial charge in [-0.3, -0.25) is 0 Å². The molecule has 82 valence electrons. The minimum Gasteiger partial charge on any atom is -0.454 e. The number of benzene rings is 2. The third kappa shape index (κ3) is 2.46. The van der Waals surface area contributed by atoms with Gasteiger partial charge in [-0.15, -0.1) is 0 Å². The van der Waals surface area contributed by atoms with E-state index in [0.29, 0.717) is 15.8 Å². The van der Waals surface area contributed by atoms with E-state index in [4.69, 9.17) is 27.9 Å². The average Bonchev–Trinajstić information content (AvgIpc) is 2.27. The lowest BCUT2D eigenvalue weighted by Crippen LogP contribution is -1.87. The molecular weight excluding hydrogens is 250 g/mol. The van der Waals surface area contributed by atoms with Crippen molar-refractivity contribution in [2.24, 2.45) is 0 Å². The van der Waals surface area contributed by atoms with Gasteiger partial charge in [0.25, 0.3) is 0 Å². The average molecular weight is 257 g/mol. The van der Waals surface area contributed by atoms with E-state index in [1.807, 2.05) is 0 Å². The molecule has 0 bridgehead atoms. The normalized spacial score (nSPS) is 10.2. The Hall–Kier alpha value is -1.25. The van der Waals surface area contributed by atoms with Crippen molar-refractivity contribution in [3.8, 4) is 11.5 Å². The van der Waals surface area contributed by atoms with Gasteiger partial charge in [-0.05, 0) is 24.3 Å². The first kappa shape index (κ1) is 11.2. The predicted molar refractivity (Wildman–Crippen MR) is 62.9 cm³/mol. The molecule has 2 aromatic carbocycles. The van der Waals surface area contributed by atoms with Crippen molar-refractivity contribution in [1.29, 1.82) is 0 Å². The van der Waals surface area contributed by atoms with Gasteiger partial charge in [0.2, 0.25) is 0 Å². The van der Waals surface area contributed by atoms with Crippen LogP contribution in [0.5, 0.6) is 11.5 Å². The molecule has 0 radical (unpaired) electrons. The van der Waals surface area contributed by atoms with Crippen LogP contribution in [0.1, 0.15) is 0 Å². The van der Waals surface area contributed by atoms with Crippen LogP contribution in [0.3, 0.4) is 0 Å². The third-order valence-corrected chi connectivity index (χ3v) is 2.69. The molecule has 0 aliphatic heterocycles. The van der Waals surface area contributed by atoms with Gasteiger partial charge in [0, 0.05) is 6.07 Å². The standard InChI is InChI=1S/C12H7Cl2FO/c13-9-6-5-8(7-10(9)14)16-12-4-2-1-3-11(12)15/h1-7H. The maximum Gasteiger partial charge on any atom is 0.165 e. The highest BCUT2D eigenvalue weighted by Crippen LogP contribution is 2.30. The maximum absolute atomic E-state index is 13.3. The molecular formula is C12H7Cl2FO. The Morgan fingerprint density at radius 3 is 2.38 bits per heavy atom. The van der Waals surface area contributed by atoms with E-state index in [9.17, 15) is 4.39 Å². The molecule has 0 aromatic heterocycles. The van der Waals surface area contributed by atoms with Crippen LogP contribution in [0.4, 0.5) is 4.39 Å². The van der Waals surface area contributed by atoms with Crippen LogP contribution in [0, 0.1) is 5.82 Å². The van der Waals surface area contributed by atoms with Crippen molar-refractivity contribution in [3.05, 3.63) is 58.3 Å². The van der Waals surface area contributed by atoms with Crippen molar-refractivity contribution in [2.45, 2.75) is 0 Å². The van der Waals surface area contributed by atoms with Gasteiger partial charge in [-0.2, -0.15) is 0 Å². The predicted octanol–water partition coefficient (Wildman–Crippen LogP) is 4.92. The fourth-order valence-corrected chi connectivity index (χ4v) is 1.48. The van der Waals surface area contributed by atoms with E-state index in [1.165, 1.54) is 18.2 Å². The number of para-hydroxylation sites is 1. The molecule has 0 saturated carbocycles. The summed E-state index contributed by atoms with van der Waals surface area (Å²) in [6.45, 7) is 0. The molecule has 0 heterocycles. The van der Waals surface area contributed by atoms with Crippen LogP contribution < -0.4 is 4.74 Å². The molecule has 16 heavy (non-hydrogen) atoms. The van der Waals surface area contributed by atoms with Crippen LogP contribution in [-0.4, -0.2) is 0 Å². The van der Waals surface area contributed by atoms with Gasteiger partial charge in [0.1, 0.15) is 5.75 Å². The third-order valence-electron chi connectivity index (χ3n) is 1.96. The Morgan fingerprint density at radius 1 is 0.938 bits per heavy atom. The van der Waals surface area contributed by atoms with Crippen LogP contribution in [0.25, 0.3) is 0 Å². The zero-order chi connectivity index (χ0) is 11.5. The summed E-state index contributed by atoms with van der Waals surface area (Å²) in [4.78, 5) is 0. The summed E-state index contributed by atoms with van der Waals surface area (Å²) in [5.74, 6) is 0.175. The molecule has 0 N–H and O–H groups in total. The topological polar surface area (TPSA) is 9.23 Å². The number of ether oxygens (including phenoxy) is 1. The minimum absolute atomic E-state index is 0.154. The first-order chi connectivity index (χ1) is 7.66. The lowest BCUT2D eigenvalue weighted by Gasteiger charge is -2.07. The summed E-state index contributed by atoms with van der Waals surface area (Å²) in [6.07, 6.45) is 0. The van der Waals surface area contributed by atoms with Crippen LogP contribution in [0.2, 0.25) is 10.0 Å². The molecule has 2 aromatic rings. The first-order valence-corrected chi connectivity index (χ1v) is 5.30. The maximum atomic E-state index is 13.3. The van der Waals surface area contributed by atoms with Crippen molar-refractivity contribution >= 4 is 23.2 Å². The summed E-state index contributed by atoms with van der Waals surface area (Å²) >= 11 is 11.6. The molecule has 0 aliphatic carbocycles. The number of hydrogen-bond donors (Lipinski definition) is 0. The van der Waals surface area contributed by atoms with Crippen LogP contribution in [0.15, 0.2) is 42.5 Å². The first-order valence-electron chi connectivity index (χ1n) is 4.54. The van der Waals surface area contributed by atoms with E-state index < -0.39 is 5.82 Å².